The van der Waals surface area contributed by atoms with Crippen molar-refractivity contribution in [2.24, 2.45) is 5.92 Å². The number of hydrogen-bond acceptors (Lipinski definition) is 7. The number of anilines is 1. The lowest BCUT2D eigenvalue weighted by atomic mass is 9.86. The molecule has 0 aliphatic heterocycles. The van der Waals surface area contributed by atoms with E-state index in [2.05, 4.69) is 21.2 Å². The van der Waals surface area contributed by atoms with Gasteiger partial charge in [0, 0.05) is 22.1 Å². The maximum atomic E-state index is 12.8. The molecule has 0 spiro atoms. The average Bonchev–Trinajstić information content (AvgIpc) is 3.04. The molecule has 0 amide bonds. The molecule has 1 aliphatic rings. The summed E-state index contributed by atoms with van der Waals surface area (Å²) in [5, 5.41) is 3.45. The van der Waals surface area contributed by atoms with Crippen LogP contribution in [0.4, 0.5) is 5.69 Å². The van der Waals surface area contributed by atoms with Crippen LogP contribution in [-0.2, 0) is 20.8 Å². The first kappa shape index (κ1) is 32.4. The normalized spacial score (nSPS) is 14.2. The number of hydrogen-bond donors (Lipinski definition) is 2. The summed E-state index contributed by atoms with van der Waals surface area (Å²) in [6, 6.07) is 19.4. The molecule has 3 N–H and O–H groups in total. The number of esters is 2. The molecule has 1 atom stereocenters. The van der Waals surface area contributed by atoms with Crippen LogP contribution in [0, 0.1) is 5.92 Å². The Balaban J connectivity index is 1.22. The smallest absolute Gasteiger partial charge is 0.338 e. The predicted octanol–water partition coefficient (Wildman–Crippen LogP) is 7.22. The first-order valence-electron chi connectivity index (χ1n) is 15.2. The SMILES string of the molecule is CC(C(=O)OCCOC(=O)c1cc(Br)c(N)c(CNCCCC2CCCCC2)c1)c1cccc(C(=O)c2ccccc2)c1. The lowest BCUT2D eigenvalue weighted by molar-refractivity contribution is -0.146. The van der Waals surface area contributed by atoms with E-state index in [1.807, 2.05) is 18.2 Å². The highest BCUT2D eigenvalue weighted by Gasteiger charge is 2.20. The molecule has 1 unspecified atom stereocenters. The number of ether oxygens (including phenoxy) is 2. The molecule has 1 fully saturated rings. The zero-order valence-corrected chi connectivity index (χ0v) is 26.4. The minimum absolute atomic E-state index is 0.0803. The van der Waals surface area contributed by atoms with Crippen molar-refractivity contribution in [2.75, 3.05) is 25.5 Å². The van der Waals surface area contributed by atoms with Gasteiger partial charge in [0.05, 0.1) is 17.2 Å². The molecule has 7 nitrogen and oxygen atoms in total. The molecule has 0 heterocycles. The molecule has 8 heteroatoms. The molecule has 0 bridgehead atoms. The van der Waals surface area contributed by atoms with Gasteiger partial charge in [0.25, 0.3) is 0 Å². The van der Waals surface area contributed by atoms with Crippen molar-refractivity contribution >= 4 is 39.3 Å². The Hall–Kier alpha value is -3.49. The zero-order valence-electron chi connectivity index (χ0n) is 24.8. The zero-order chi connectivity index (χ0) is 30.6. The van der Waals surface area contributed by atoms with E-state index in [1.165, 1.54) is 38.5 Å². The predicted molar refractivity (Wildman–Crippen MR) is 172 cm³/mol. The maximum absolute atomic E-state index is 12.8. The molecule has 0 radical (unpaired) electrons. The molecule has 4 rings (SSSR count). The Labute approximate surface area is 262 Å². The molecule has 43 heavy (non-hydrogen) atoms. The number of carbonyl (C=O) groups is 3. The van der Waals surface area contributed by atoms with E-state index < -0.39 is 17.9 Å². The third-order valence-electron chi connectivity index (χ3n) is 8.06. The highest BCUT2D eigenvalue weighted by Crippen LogP contribution is 2.28. The fourth-order valence-corrected chi connectivity index (χ4v) is 5.98. The summed E-state index contributed by atoms with van der Waals surface area (Å²) in [4.78, 5) is 38.2. The van der Waals surface area contributed by atoms with Crippen LogP contribution in [0.3, 0.4) is 0 Å². The van der Waals surface area contributed by atoms with Gasteiger partial charge in [0.15, 0.2) is 5.78 Å². The van der Waals surface area contributed by atoms with E-state index in [0.717, 1.165) is 24.4 Å². The van der Waals surface area contributed by atoms with Crippen LogP contribution in [0.15, 0.2) is 71.2 Å². The van der Waals surface area contributed by atoms with Crippen LogP contribution in [0.1, 0.15) is 95.2 Å². The quantitative estimate of drug-likeness (QED) is 0.0822. The van der Waals surface area contributed by atoms with Crippen molar-refractivity contribution in [3.05, 3.63) is 99.0 Å². The first-order valence-corrected chi connectivity index (χ1v) is 15.9. The summed E-state index contributed by atoms with van der Waals surface area (Å²) < 4.78 is 11.4. The van der Waals surface area contributed by atoms with Gasteiger partial charge in [0.2, 0.25) is 0 Å². The van der Waals surface area contributed by atoms with Gasteiger partial charge in [-0.05, 0) is 77.5 Å². The van der Waals surface area contributed by atoms with Crippen LogP contribution in [0.5, 0.6) is 0 Å². The van der Waals surface area contributed by atoms with Crippen molar-refractivity contribution < 1.29 is 23.9 Å². The Bertz CT molecular complexity index is 1390. The fraction of sp³-hybridized carbons (Fsp3) is 0.400. The average molecular weight is 650 g/mol. The van der Waals surface area contributed by atoms with Crippen LogP contribution in [0.25, 0.3) is 0 Å². The molecule has 3 aromatic rings. The number of benzene rings is 3. The van der Waals surface area contributed by atoms with Gasteiger partial charge in [-0.3, -0.25) is 9.59 Å². The Morgan fingerprint density at radius 1 is 0.907 bits per heavy atom. The van der Waals surface area contributed by atoms with Crippen molar-refractivity contribution in [2.45, 2.75) is 64.3 Å². The highest BCUT2D eigenvalue weighted by molar-refractivity contribution is 9.10. The molecular formula is C35H41BrN2O5. The first-order chi connectivity index (χ1) is 20.8. The minimum Gasteiger partial charge on any atom is -0.462 e. The van der Waals surface area contributed by atoms with Gasteiger partial charge >= 0.3 is 11.9 Å². The van der Waals surface area contributed by atoms with Gasteiger partial charge in [-0.25, -0.2) is 4.79 Å². The van der Waals surface area contributed by atoms with Gasteiger partial charge in [0.1, 0.15) is 13.2 Å². The second-order valence-corrected chi connectivity index (χ2v) is 12.1. The molecule has 0 aromatic heterocycles. The Kier molecular flexibility index (Phi) is 12.4. The third-order valence-corrected chi connectivity index (χ3v) is 8.71. The highest BCUT2D eigenvalue weighted by atomic mass is 79.9. The van der Waals surface area contributed by atoms with Gasteiger partial charge in [-0.2, -0.15) is 0 Å². The molecular weight excluding hydrogens is 608 g/mol. The van der Waals surface area contributed by atoms with E-state index >= 15 is 0 Å². The number of ketones is 1. The van der Waals surface area contributed by atoms with Gasteiger partial charge < -0.3 is 20.5 Å². The van der Waals surface area contributed by atoms with E-state index in [0.29, 0.717) is 39.0 Å². The Morgan fingerprint density at radius 3 is 2.40 bits per heavy atom. The third kappa shape index (κ3) is 9.50. The lowest BCUT2D eigenvalue weighted by Gasteiger charge is -2.21. The minimum atomic E-state index is -0.593. The lowest BCUT2D eigenvalue weighted by Crippen LogP contribution is -2.19. The molecule has 1 aliphatic carbocycles. The van der Waals surface area contributed by atoms with Crippen molar-refractivity contribution in [1.29, 1.82) is 0 Å². The number of nitrogens with one attached hydrogen (secondary N) is 1. The number of carbonyl (C=O) groups excluding carboxylic acids is 3. The molecule has 0 saturated heterocycles. The van der Waals surface area contributed by atoms with Crippen molar-refractivity contribution in [3.63, 3.8) is 0 Å². The number of nitrogens with two attached hydrogens (primary N) is 1. The topological polar surface area (TPSA) is 108 Å². The summed E-state index contributed by atoms with van der Waals surface area (Å²) >= 11 is 3.46. The summed E-state index contributed by atoms with van der Waals surface area (Å²) in [7, 11) is 0. The van der Waals surface area contributed by atoms with Gasteiger partial charge in [-0.15, -0.1) is 0 Å². The maximum Gasteiger partial charge on any atom is 0.338 e. The number of nitrogen functional groups attached to an aromatic ring is 1. The van der Waals surface area contributed by atoms with E-state index in [-0.39, 0.29) is 19.0 Å². The fourth-order valence-electron chi connectivity index (χ4n) is 5.48. The van der Waals surface area contributed by atoms with E-state index in [9.17, 15) is 14.4 Å². The largest absolute Gasteiger partial charge is 0.462 e. The number of halogens is 1. The van der Waals surface area contributed by atoms with E-state index in [1.54, 1.807) is 55.5 Å². The second-order valence-electron chi connectivity index (χ2n) is 11.2. The van der Waals surface area contributed by atoms with Crippen molar-refractivity contribution in [1.82, 2.24) is 5.32 Å². The van der Waals surface area contributed by atoms with Crippen molar-refractivity contribution in [3.8, 4) is 0 Å². The van der Waals surface area contributed by atoms with Crippen LogP contribution >= 0.6 is 15.9 Å². The summed E-state index contributed by atoms with van der Waals surface area (Å²) in [6.45, 7) is 3.02. The van der Waals surface area contributed by atoms with Crippen LogP contribution in [-0.4, -0.2) is 37.5 Å². The summed E-state index contributed by atoms with van der Waals surface area (Å²) in [5.74, 6) is -0.831. The van der Waals surface area contributed by atoms with Crippen LogP contribution in [0.2, 0.25) is 0 Å². The van der Waals surface area contributed by atoms with Crippen LogP contribution < -0.4 is 11.1 Å². The molecule has 3 aromatic carbocycles. The summed E-state index contributed by atoms with van der Waals surface area (Å²) in [6.07, 6.45) is 9.19. The Morgan fingerprint density at radius 2 is 1.63 bits per heavy atom. The molecule has 1 saturated carbocycles. The van der Waals surface area contributed by atoms with E-state index in [4.69, 9.17) is 15.2 Å². The summed E-state index contributed by atoms with van der Waals surface area (Å²) in [5.41, 5.74) is 9.80. The standard InChI is InChI=1S/C35H41BrN2O5/c1-24(27-15-8-16-28(20-27)33(39)26-13-6-3-7-14-26)34(40)42-18-19-43-35(41)29-21-30(32(37)31(36)22-29)23-38-17-9-12-25-10-4-2-5-11-25/h3,6-8,13-16,20-22,24-25,38H,2,4-5,9-12,17-19,23,37H2,1H3. The number of rotatable bonds is 14. The monoisotopic (exact) mass is 648 g/mol. The molecule has 228 valence electrons. The van der Waals surface area contributed by atoms with Gasteiger partial charge in [-0.1, -0.05) is 80.6 Å². The second kappa shape index (κ2) is 16.4.